The van der Waals surface area contributed by atoms with Crippen LogP contribution in [0.3, 0.4) is 0 Å². The number of amides is 1. The van der Waals surface area contributed by atoms with Crippen molar-refractivity contribution >= 4 is 39.9 Å². The van der Waals surface area contributed by atoms with E-state index in [4.69, 9.17) is 5.41 Å². The molecule has 24 heavy (non-hydrogen) atoms. The molecular formula is C19H22IN3O. The van der Waals surface area contributed by atoms with Crippen molar-refractivity contribution in [2.75, 3.05) is 19.4 Å². The summed E-state index contributed by atoms with van der Waals surface area (Å²) >= 11 is 2.21. The lowest BCUT2D eigenvalue weighted by Gasteiger charge is -2.20. The quantitative estimate of drug-likeness (QED) is 0.527. The molecule has 1 amide bonds. The summed E-state index contributed by atoms with van der Waals surface area (Å²) in [7, 11) is 4.03. The van der Waals surface area contributed by atoms with Gasteiger partial charge in [0.15, 0.2) is 0 Å². The molecule has 2 aromatic rings. The summed E-state index contributed by atoms with van der Waals surface area (Å²) in [6.07, 6.45) is 0.696. The Morgan fingerprint density at radius 2 is 1.62 bits per heavy atom. The average Bonchev–Trinajstić information content (AvgIpc) is 2.55. The standard InChI is InChI=1S/C19H22IN3O/c1-13(23(2)3)12-18(21)14-6-10-17(11-7-14)22-19(24)15-4-8-16(20)9-5-15/h4-11,13,21H,12H2,1-3H3,(H,22,24). The van der Waals surface area contributed by atoms with Crippen LogP contribution in [0.5, 0.6) is 0 Å². The Kier molecular flexibility index (Phi) is 6.51. The minimum atomic E-state index is -0.129. The van der Waals surface area contributed by atoms with Crippen LogP contribution in [0.2, 0.25) is 0 Å². The van der Waals surface area contributed by atoms with Crippen molar-refractivity contribution in [2.45, 2.75) is 19.4 Å². The van der Waals surface area contributed by atoms with Gasteiger partial charge < -0.3 is 15.6 Å². The van der Waals surface area contributed by atoms with E-state index < -0.39 is 0 Å². The highest BCUT2D eigenvalue weighted by Gasteiger charge is 2.10. The molecule has 2 rings (SSSR count). The van der Waals surface area contributed by atoms with Gasteiger partial charge in [-0.05, 0) is 85.6 Å². The van der Waals surface area contributed by atoms with Crippen molar-refractivity contribution in [2.24, 2.45) is 0 Å². The van der Waals surface area contributed by atoms with Gasteiger partial charge in [-0.3, -0.25) is 4.79 Å². The van der Waals surface area contributed by atoms with Crippen LogP contribution < -0.4 is 5.32 Å². The number of rotatable bonds is 6. The van der Waals surface area contributed by atoms with Gasteiger partial charge in [0.25, 0.3) is 5.91 Å². The molecule has 126 valence electrons. The summed E-state index contributed by atoms with van der Waals surface area (Å²) in [5, 5.41) is 11.1. The Hall–Kier alpha value is -1.73. The van der Waals surface area contributed by atoms with Crippen LogP contribution in [0.25, 0.3) is 0 Å². The van der Waals surface area contributed by atoms with E-state index in [1.807, 2.05) is 62.6 Å². The zero-order chi connectivity index (χ0) is 17.7. The first-order valence-corrected chi connectivity index (χ1v) is 8.86. The molecular weight excluding hydrogens is 413 g/mol. The lowest BCUT2D eigenvalue weighted by molar-refractivity contribution is 0.102. The number of carbonyl (C=O) groups excluding carboxylic acids is 1. The molecule has 5 heteroatoms. The number of anilines is 1. The van der Waals surface area contributed by atoms with Gasteiger partial charge >= 0.3 is 0 Å². The number of hydrogen-bond acceptors (Lipinski definition) is 3. The first-order chi connectivity index (χ1) is 11.4. The van der Waals surface area contributed by atoms with Gasteiger partial charge in [-0.2, -0.15) is 0 Å². The van der Waals surface area contributed by atoms with Gasteiger partial charge in [-0.25, -0.2) is 0 Å². The fourth-order valence-corrected chi connectivity index (χ4v) is 2.51. The third-order valence-corrected chi connectivity index (χ3v) is 4.70. The minimum absolute atomic E-state index is 0.129. The van der Waals surface area contributed by atoms with Crippen molar-refractivity contribution in [3.05, 3.63) is 63.2 Å². The summed E-state index contributed by atoms with van der Waals surface area (Å²) in [4.78, 5) is 14.3. The van der Waals surface area contributed by atoms with Gasteiger partial charge in [-0.15, -0.1) is 0 Å². The Bertz CT molecular complexity index is 708. The summed E-state index contributed by atoms with van der Waals surface area (Å²) in [6.45, 7) is 2.10. The second kappa shape index (κ2) is 8.39. The predicted molar refractivity (Wildman–Crippen MR) is 108 cm³/mol. The molecule has 4 nitrogen and oxygen atoms in total. The molecule has 0 fully saturated rings. The number of benzene rings is 2. The number of nitrogens with zero attached hydrogens (tertiary/aromatic N) is 1. The summed E-state index contributed by atoms with van der Waals surface area (Å²) in [5.74, 6) is -0.129. The maximum Gasteiger partial charge on any atom is 0.255 e. The highest BCUT2D eigenvalue weighted by molar-refractivity contribution is 14.1. The summed E-state index contributed by atoms with van der Waals surface area (Å²) < 4.78 is 1.10. The van der Waals surface area contributed by atoms with Gasteiger partial charge in [0, 0.05) is 33.0 Å². The molecule has 0 saturated heterocycles. The van der Waals surface area contributed by atoms with Crippen LogP contribution >= 0.6 is 22.6 Å². The van der Waals surface area contributed by atoms with Crippen LogP contribution in [0.1, 0.15) is 29.3 Å². The Labute approximate surface area is 156 Å². The zero-order valence-electron chi connectivity index (χ0n) is 14.1. The van der Waals surface area contributed by atoms with E-state index in [1.54, 1.807) is 0 Å². The van der Waals surface area contributed by atoms with E-state index in [0.29, 0.717) is 23.7 Å². The molecule has 0 aliphatic heterocycles. The normalized spacial score (nSPS) is 12.0. The smallest absolute Gasteiger partial charge is 0.255 e. The van der Waals surface area contributed by atoms with Crippen LogP contribution in [0.15, 0.2) is 48.5 Å². The number of carbonyl (C=O) groups is 1. The highest BCUT2D eigenvalue weighted by atomic mass is 127. The molecule has 0 aliphatic carbocycles. The molecule has 1 unspecified atom stereocenters. The molecule has 0 bridgehead atoms. The van der Waals surface area contributed by atoms with Crippen LogP contribution in [0, 0.1) is 8.98 Å². The molecule has 0 aliphatic rings. The minimum Gasteiger partial charge on any atom is -0.322 e. The number of nitrogens with one attached hydrogen (secondary N) is 2. The highest BCUT2D eigenvalue weighted by Crippen LogP contribution is 2.15. The summed E-state index contributed by atoms with van der Waals surface area (Å²) in [5.41, 5.74) is 2.85. The van der Waals surface area contributed by atoms with Gasteiger partial charge in [0.1, 0.15) is 0 Å². The molecule has 2 aromatic carbocycles. The van der Waals surface area contributed by atoms with E-state index in [9.17, 15) is 4.79 Å². The van der Waals surface area contributed by atoms with Crippen molar-refractivity contribution in [3.8, 4) is 0 Å². The second-order valence-electron chi connectivity index (χ2n) is 6.03. The van der Waals surface area contributed by atoms with Crippen molar-refractivity contribution in [1.29, 1.82) is 5.41 Å². The van der Waals surface area contributed by atoms with Crippen molar-refractivity contribution in [3.63, 3.8) is 0 Å². The fourth-order valence-electron chi connectivity index (χ4n) is 2.16. The number of halogens is 1. The summed E-state index contributed by atoms with van der Waals surface area (Å²) in [6, 6.07) is 15.2. The number of hydrogen-bond donors (Lipinski definition) is 2. The Morgan fingerprint density at radius 3 is 2.17 bits per heavy atom. The Balaban J connectivity index is 2.00. The molecule has 2 N–H and O–H groups in total. The monoisotopic (exact) mass is 435 g/mol. The molecule has 0 heterocycles. The van der Waals surface area contributed by atoms with E-state index in [0.717, 1.165) is 14.8 Å². The van der Waals surface area contributed by atoms with Crippen molar-refractivity contribution < 1.29 is 4.79 Å². The second-order valence-corrected chi connectivity index (χ2v) is 7.28. The van der Waals surface area contributed by atoms with E-state index in [-0.39, 0.29) is 5.91 Å². The fraction of sp³-hybridized carbons (Fsp3) is 0.263. The average molecular weight is 435 g/mol. The van der Waals surface area contributed by atoms with Crippen LogP contribution in [0.4, 0.5) is 5.69 Å². The lowest BCUT2D eigenvalue weighted by Crippen LogP contribution is -2.27. The lowest BCUT2D eigenvalue weighted by atomic mass is 10.0. The maximum atomic E-state index is 12.2. The molecule has 0 saturated carbocycles. The first-order valence-electron chi connectivity index (χ1n) is 7.78. The van der Waals surface area contributed by atoms with E-state index >= 15 is 0 Å². The van der Waals surface area contributed by atoms with E-state index in [1.165, 1.54) is 0 Å². The SMILES string of the molecule is CC(CC(=N)c1ccc(NC(=O)c2ccc(I)cc2)cc1)N(C)C. The van der Waals surface area contributed by atoms with E-state index in [2.05, 4.69) is 39.7 Å². The van der Waals surface area contributed by atoms with Crippen LogP contribution in [-0.4, -0.2) is 36.7 Å². The molecule has 1 atom stereocenters. The zero-order valence-corrected chi connectivity index (χ0v) is 16.3. The van der Waals surface area contributed by atoms with Gasteiger partial charge in [0.05, 0.1) is 0 Å². The van der Waals surface area contributed by atoms with Crippen LogP contribution in [-0.2, 0) is 0 Å². The van der Waals surface area contributed by atoms with Gasteiger partial charge in [0.2, 0.25) is 0 Å². The first kappa shape index (κ1) is 18.6. The predicted octanol–water partition coefficient (Wildman–Crippen LogP) is 4.25. The van der Waals surface area contributed by atoms with Gasteiger partial charge in [-0.1, -0.05) is 12.1 Å². The Morgan fingerprint density at radius 1 is 1.08 bits per heavy atom. The molecule has 0 radical (unpaired) electrons. The topological polar surface area (TPSA) is 56.2 Å². The largest absolute Gasteiger partial charge is 0.322 e. The third kappa shape index (κ3) is 5.14. The maximum absolute atomic E-state index is 12.2. The molecule has 0 aromatic heterocycles. The third-order valence-electron chi connectivity index (χ3n) is 3.98. The van der Waals surface area contributed by atoms with Crippen molar-refractivity contribution in [1.82, 2.24) is 4.90 Å². The molecule has 0 spiro atoms.